The standard InChI is InChI=1S/C12H14ClNO3/c1-12(2,8-15)11(7-14(16)17)9-3-5-10(13)6-4-9/h3-6,8,11H,7H2,1-2H3/t11-/m1/s1. The van der Waals surface area contributed by atoms with E-state index in [1.54, 1.807) is 38.1 Å². The molecule has 0 N–H and O–H groups in total. The summed E-state index contributed by atoms with van der Waals surface area (Å²) in [5.74, 6) is -0.452. The van der Waals surface area contributed by atoms with Gasteiger partial charge in [0.25, 0.3) is 0 Å². The number of rotatable bonds is 5. The molecule has 5 heteroatoms. The highest BCUT2D eigenvalue weighted by atomic mass is 35.5. The molecule has 4 nitrogen and oxygen atoms in total. The summed E-state index contributed by atoms with van der Waals surface area (Å²) in [7, 11) is 0. The molecule has 0 spiro atoms. The van der Waals surface area contributed by atoms with Crippen LogP contribution in [0, 0.1) is 15.5 Å². The van der Waals surface area contributed by atoms with E-state index in [1.165, 1.54) is 0 Å². The zero-order chi connectivity index (χ0) is 13.1. The average Bonchev–Trinajstić information content (AvgIpc) is 2.27. The molecule has 0 amide bonds. The van der Waals surface area contributed by atoms with Gasteiger partial charge in [-0.25, -0.2) is 0 Å². The average molecular weight is 256 g/mol. The smallest absolute Gasteiger partial charge is 0.211 e. The van der Waals surface area contributed by atoms with Crippen molar-refractivity contribution in [2.75, 3.05) is 6.54 Å². The van der Waals surface area contributed by atoms with Crippen molar-refractivity contribution in [3.63, 3.8) is 0 Å². The van der Waals surface area contributed by atoms with Gasteiger partial charge in [0, 0.05) is 15.4 Å². The molecule has 0 saturated carbocycles. The molecule has 17 heavy (non-hydrogen) atoms. The SMILES string of the molecule is CC(C)(C=O)[C@H](C[N+](=O)[O-])c1ccc(Cl)cc1. The van der Waals surface area contributed by atoms with Crippen LogP contribution < -0.4 is 0 Å². The van der Waals surface area contributed by atoms with Crippen molar-refractivity contribution >= 4 is 17.9 Å². The second-order valence-corrected chi connectivity index (χ2v) is 5.00. The zero-order valence-electron chi connectivity index (χ0n) is 9.72. The Hall–Kier alpha value is -1.42. The summed E-state index contributed by atoms with van der Waals surface area (Å²) in [6, 6.07) is 6.79. The van der Waals surface area contributed by atoms with Crippen LogP contribution in [0.3, 0.4) is 0 Å². The van der Waals surface area contributed by atoms with E-state index in [1.807, 2.05) is 0 Å². The van der Waals surface area contributed by atoms with Crippen molar-refractivity contribution in [3.8, 4) is 0 Å². The number of aldehydes is 1. The van der Waals surface area contributed by atoms with Crippen molar-refractivity contribution in [1.82, 2.24) is 0 Å². The fourth-order valence-electron chi connectivity index (χ4n) is 1.70. The van der Waals surface area contributed by atoms with Crippen molar-refractivity contribution < 1.29 is 9.72 Å². The molecule has 0 aliphatic carbocycles. The van der Waals surface area contributed by atoms with Crippen LogP contribution in [0.2, 0.25) is 5.02 Å². The minimum absolute atomic E-state index is 0.270. The van der Waals surface area contributed by atoms with Gasteiger partial charge in [0.05, 0.1) is 5.92 Å². The largest absolute Gasteiger partial charge is 0.303 e. The third-order valence-corrected chi connectivity index (χ3v) is 3.06. The summed E-state index contributed by atoms with van der Waals surface area (Å²) < 4.78 is 0. The number of halogens is 1. The van der Waals surface area contributed by atoms with Gasteiger partial charge in [-0.15, -0.1) is 0 Å². The summed E-state index contributed by atoms with van der Waals surface area (Å²) in [6.07, 6.45) is 0.760. The molecule has 0 bridgehead atoms. The first-order chi connectivity index (χ1) is 7.86. The van der Waals surface area contributed by atoms with Crippen LogP contribution in [0.5, 0.6) is 0 Å². The van der Waals surface area contributed by atoms with Crippen molar-refractivity contribution in [3.05, 3.63) is 45.0 Å². The molecule has 0 unspecified atom stereocenters. The van der Waals surface area contributed by atoms with Gasteiger partial charge in [0.1, 0.15) is 6.29 Å². The predicted molar refractivity (Wildman–Crippen MR) is 65.9 cm³/mol. The number of carbonyl (C=O) groups excluding carboxylic acids is 1. The quantitative estimate of drug-likeness (QED) is 0.462. The maximum Gasteiger partial charge on any atom is 0.211 e. The summed E-state index contributed by atoms with van der Waals surface area (Å²) >= 11 is 5.77. The molecule has 1 atom stereocenters. The third-order valence-electron chi connectivity index (χ3n) is 2.81. The van der Waals surface area contributed by atoms with Crippen LogP contribution in [-0.4, -0.2) is 17.8 Å². The Morgan fingerprint density at radius 2 is 1.94 bits per heavy atom. The Morgan fingerprint density at radius 1 is 1.41 bits per heavy atom. The lowest BCUT2D eigenvalue weighted by molar-refractivity contribution is -0.485. The zero-order valence-corrected chi connectivity index (χ0v) is 10.5. The lowest BCUT2D eigenvalue weighted by Crippen LogP contribution is -2.29. The highest BCUT2D eigenvalue weighted by Crippen LogP contribution is 2.34. The number of hydrogen-bond donors (Lipinski definition) is 0. The van der Waals surface area contributed by atoms with E-state index in [-0.39, 0.29) is 6.54 Å². The topological polar surface area (TPSA) is 60.2 Å². The molecule has 0 saturated heterocycles. The summed E-state index contributed by atoms with van der Waals surface area (Å²) in [6.45, 7) is 3.12. The minimum atomic E-state index is -0.777. The van der Waals surface area contributed by atoms with Gasteiger partial charge in [-0.05, 0) is 17.7 Å². The van der Waals surface area contributed by atoms with Gasteiger partial charge < -0.3 is 4.79 Å². The normalized spacial score (nSPS) is 13.1. The van der Waals surface area contributed by atoms with E-state index in [4.69, 9.17) is 11.6 Å². The summed E-state index contributed by atoms with van der Waals surface area (Å²) in [5.41, 5.74) is -0.0239. The van der Waals surface area contributed by atoms with Gasteiger partial charge in [-0.3, -0.25) is 10.1 Å². The summed E-state index contributed by atoms with van der Waals surface area (Å²) in [5, 5.41) is 11.2. The highest BCUT2D eigenvalue weighted by Gasteiger charge is 2.34. The van der Waals surface area contributed by atoms with E-state index in [0.29, 0.717) is 5.02 Å². The summed E-state index contributed by atoms with van der Waals surface area (Å²) in [4.78, 5) is 21.3. The molecule has 0 radical (unpaired) electrons. The third kappa shape index (κ3) is 3.53. The monoisotopic (exact) mass is 255 g/mol. The van der Waals surface area contributed by atoms with Gasteiger partial charge in [0.15, 0.2) is 0 Å². The highest BCUT2D eigenvalue weighted by molar-refractivity contribution is 6.30. The molecular weight excluding hydrogens is 242 g/mol. The predicted octanol–water partition coefficient (Wildman–Crippen LogP) is 2.93. The number of hydrogen-bond acceptors (Lipinski definition) is 3. The molecule has 0 heterocycles. The van der Waals surface area contributed by atoms with Crippen LogP contribution in [-0.2, 0) is 4.79 Å². The van der Waals surface area contributed by atoms with E-state index in [2.05, 4.69) is 0 Å². The van der Waals surface area contributed by atoms with Crippen LogP contribution in [0.15, 0.2) is 24.3 Å². The second-order valence-electron chi connectivity index (χ2n) is 4.56. The fourth-order valence-corrected chi connectivity index (χ4v) is 1.82. The molecule has 92 valence electrons. The van der Waals surface area contributed by atoms with Crippen molar-refractivity contribution in [2.24, 2.45) is 5.41 Å². The number of carbonyl (C=O) groups is 1. The van der Waals surface area contributed by atoms with Crippen LogP contribution in [0.1, 0.15) is 25.3 Å². The Kier molecular flexibility index (Phi) is 4.23. The van der Waals surface area contributed by atoms with Crippen molar-refractivity contribution in [1.29, 1.82) is 0 Å². The fraction of sp³-hybridized carbons (Fsp3) is 0.417. The first-order valence-corrected chi connectivity index (χ1v) is 5.58. The first-order valence-electron chi connectivity index (χ1n) is 5.20. The van der Waals surface area contributed by atoms with Gasteiger partial charge in [-0.2, -0.15) is 0 Å². The lowest BCUT2D eigenvalue weighted by atomic mass is 9.76. The minimum Gasteiger partial charge on any atom is -0.303 e. The van der Waals surface area contributed by atoms with Crippen LogP contribution >= 0.6 is 11.6 Å². The molecule has 0 aliphatic rings. The van der Waals surface area contributed by atoms with E-state index >= 15 is 0 Å². The maximum absolute atomic E-state index is 11.0. The van der Waals surface area contributed by atoms with Crippen molar-refractivity contribution in [2.45, 2.75) is 19.8 Å². The van der Waals surface area contributed by atoms with E-state index < -0.39 is 16.3 Å². The molecule has 0 aliphatic heterocycles. The molecule has 1 aromatic carbocycles. The van der Waals surface area contributed by atoms with Crippen LogP contribution in [0.4, 0.5) is 0 Å². The maximum atomic E-state index is 11.0. The lowest BCUT2D eigenvalue weighted by Gasteiger charge is -2.26. The van der Waals surface area contributed by atoms with Crippen LogP contribution in [0.25, 0.3) is 0 Å². The molecule has 0 fully saturated rings. The molecule has 0 aromatic heterocycles. The van der Waals surface area contributed by atoms with Gasteiger partial charge in [-0.1, -0.05) is 37.6 Å². The van der Waals surface area contributed by atoms with E-state index in [9.17, 15) is 14.9 Å². The number of nitro groups is 1. The van der Waals surface area contributed by atoms with Gasteiger partial charge in [0.2, 0.25) is 6.54 Å². The number of benzene rings is 1. The Labute approximate surface area is 105 Å². The number of nitrogens with zero attached hydrogens (tertiary/aromatic N) is 1. The Bertz CT molecular complexity index is 414. The molecule has 1 rings (SSSR count). The Morgan fingerprint density at radius 3 is 2.35 bits per heavy atom. The first kappa shape index (κ1) is 13.6. The van der Waals surface area contributed by atoms with Gasteiger partial charge >= 0.3 is 0 Å². The molecule has 1 aromatic rings. The molecular formula is C12H14ClNO3. The van der Waals surface area contributed by atoms with E-state index in [0.717, 1.165) is 11.8 Å². The second kappa shape index (κ2) is 5.27. The Balaban J connectivity index is 3.10.